The van der Waals surface area contributed by atoms with Crippen LogP contribution in [0.15, 0.2) is 42.5 Å². The average Bonchev–Trinajstić information content (AvgIpc) is 2.85. The van der Waals surface area contributed by atoms with Crippen LogP contribution in [0.5, 0.6) is 0 Å². The van der Waals surface area contributed by atoms with Gasteiger partial charge >= 0.3 is 5.97 Å². The fraction of sp³-hybridized carbons (Fsp3) is 0.391. The molecule has 1 aliphatic rings. The molecule has 0 aliphatic heterocycles. The summed E-state index contributed by atoms with van der Waals surface area (Å²) in [7, 11) is 0. The summed E-state index contributed by atoms with van der Waals surface area (Å²) in [5.74, 6) is -0.297. The first-order valence-electron chi connectivity index (χ1n) is 10.1. The number of aromatic nitrogens is 2. The van der Waals surface area contributed by atoms with Crippen molar-refractivity contribution in [2.45, 2.75) is 57.4 Å². The Kier molecular flexibility index (Phi) is 5.62. The molecule has 1 aliphatic carbocycles. The van der Waals surface area contributed by atoms with E-state index >= 15 is 0 Å². The molecule has 0 spiro atoms. The van der Waals surface area contributed by atoms with Crippen molar-refractivity contribution < 1.29 is 9.90 Å². The number of benzene rings is 2. The number of carbonyl (C=O) groups is 1. The minimum atomic E-state index is -0.763. The Morgan fingerprint density at radius 1 is 1.11 bits per heavy atom. The molecule has 1 heterocycles. The number of aliphatic carboxylic acids is 1. The van der Waals surface area contributed by atoms with E-state index in [4.69, 9.17) is 12.2 Å². The summed E-state index contributed by atoms with van der Waals surface area (Å²) in [5, 5.41) is 9.35. The first kappa shape index (κ1) is 18.9. The molecule has 5 heteroatoms. The van der Waals surface area contributed by atoms with Gasteiger partial charge in [0.15, 0.2) is 4.77 Å². The number of nitrogens with zero attached hydrogens (tertiary/aromatic N) is 1. The normalized spacial score (nSPS) is 15.6. The van der Waals surface area contributed by atoms with Crippen molar-refractivity contribution in [3.63, 3.8) is 0 Å². The maximum Gasteiger partial charge on any atom is 0.307 e. The molecular weight excluding hydrogens is 368 g/mol. The molecule has 0 atom stereocenters. The topological polar surface area (TPSA) is 58.0 Å². The van der Waals surface area contributed by atoms with E-state index in [0.717, 1.165) is 29.4 Å². The Morgan fingerprint density at radius 2 is 1.86 bits per heavy atom. The lowest BCUT2D eigenvalue weighted by atomic mass is 9.86. The second-order valence-electron chi connectivity index (χ2n) is 7.83. The Bertz CT molecular complexity index is 1040. The Hall–Kier alpha value is -2.40. The fourth-order valence-corrected chi connectivity index (χ4v) is 4.76. The highest BCUT2D eigenvalue weighted by molar-refractivity contribution is 7.71. The molecule has 1 saturated carbocycles. The molecule has 1 aromatic heterocycles. The standard InChI is InChI=1S/C23H26N2O2S/c26-22(27)14-18-12-11-16(13-19(18)17-7-3-1-2-4-8-17)15-25-21-10-6-5-9-20(21)24-23(25)28/h5-6,9-13,17H,1-4,7-8,14-15H2,(H,24,28)(H,26,27). The van der Waals surface area contributed by atoms with Gasteiger partial charge in [0.2, 0.25) is 0 Å². The summed E-state index contributed by atoms with van der Waals surface area (Å²) in [6.45, 7) is 0.690. The molecule has 0 radical (unpaired) electrons. The second kappa shape index (κ2) is 8.31. The molecule has 3 aromatic rings. The third-order valence-electron chi connectivity index (χ3n) is 5.87. The monoisotopic (exact) mass is 394 g/mol. The maximum atomic E-state index is 11.4. The number of H-pyrrole nitrogens is 1. The molecule has 4 nitrogen and oxygen atoms in total. The van der Waals surface area contributed by atoms with Crippen molar-refractivity contribution >= 4 is 29.2 Å². The Labute approximate surface area is 170 Å². The summed E-state index contributed by atoms with van der Waals surface area (Å²) in [6.07, 6.45) is 7.44. The van der Waals surface area contributed by atoms with Crippen LogP contribution in [0.1, 0.15) is 61.1 Å². The van der Waals surface area contributed by atoms with Gasteiger partial charge in [-0.05, 0) is 59.8 Å². The van der Waals surface area contributed by atoms with E-state index in [9.17, 15) is 9.90 Å². The molecule has 0 unspecified atom stereocenters. The van der Waals surface area contributed by atoms with Crippen LogP contribution in [0.4, 0.5) is 0 Å². The van der Waals surface area contributed by atoms with Gasteiger partial charge in [-0.15, -0.1) is 0 Å². The first-order valence-corrected chi connectivity index (χ1v) is 10.5. The van der Waals surface area contributed by atoms with Gasteiger partial charge < -0.3 is 14.7 Å². The molecule has 146 valence electrons. The summed E-state index contributed by atoms with van der Waals surface area (Å²) < 4.78 is 2.83. The molecule has 2 aromatic carbocycles. The van der Waals surface area contributed by atoms with E-state index in [1.165, 1.54) is 36.8 Å². The van der Waals surface area contributed by atoms with E-state index < -0.39 is 5.97 Å². The lowest BCUT2D eigenvalue weighted by molar-refractivity contribution is -0.136. The Morgan fingerprint density at radius 3 is 2.61 bits per heavy atom. The average molecular weight is 395 g/mol. The van der Waals surface area contributed by atoms with Crippen molar-refractivity contribution in [3.05, 3.63) is 63.9 Å². The fourth-order valence-electron chi connectivity index (χ4n) is 4.48. The molecule has 2 N–H and O–H groups in total. The number of fused-ring (bicyclic) bond motifs is 1. The van der Waals surface area contributed by atoms with Gasteiger partial charge in [0.25, 0.3) is 0 Å². The lowest BCUT2D eigenvalue weighted by Gasteiger charge is -2.20. The largest absolute Gasteiger partial charge is 0.481 e. The zero-order valence-corrected chi connectivity index (χ0v) is 16.8. The van der Waals surface area contributed by atoms with Crippen molar-refractivity contribution in [2.24, 2.45) is 0 Å². The number of para-hydroxylation sites is 2. The zero-order valence-electron chi connectivity index (χ0n) is 16.0. The number of nitrogens with one attached hydrogen (secondary N) is 1. The van der Waals surface area contributed by atoms with Crippen LogP contribution >= 0.6 is 12.2 Å². The van der Waals surface area contributed by atoms with Crippen LogP contribution in [0.25, 0.3) is 11.0 Å². The molecule has 4 rings (SSSR count). The summed E-state index contributed by atoms with van der Waals surface area (Å²) >= 11 is 5.54. The second-order valence-corrected chi connectivity index (χ2v) is 8.21. The number of carboxylic acid groups (broad SMARTS) is 1. The lowest BCUT2D eigenvalue weighted by Crippen LogP contribution is -2.09. The number of hydrogen-bond donors (Lipinski definition) is 2. The molecule has 0 bridgehead atoms. The summed E-state index contributed by atoms with van der Waals surface area (Å²) in [4.78, 5) is 14.7. The highest BCUT2D eigenvalue weighted by Crippen LogP contribution is 2.34. The predicted octanol–water partition coefficient (Wildman–Crippen LogP) is 5.81. The number of carboxylic acids is 1. The van der Waals surface area contributed by atoms with Gasteiger partial charge in [-0.2, -0.15) is 0 Å². The summed E-state index contributed by atoms with van der Waals surface area (Å²) in [6, 6.07) is 14.4. The van der Waals surface area contributed by atoms with E-state index in [2.05, 4.69) is 27.8 Å². The molecule has 0 saturated heterocycles. The van der Waals surface area contributed by atoms with Crippen LogP contribution in [0, 0.1) is 4.77 Å². The van der Waals surface area contributed by atoms with E-state index in [1.54, 1.807) is 0 Å². The molecule has 28 heavy (non-hydrogen) atoms. The van der Waals surface area contributed by atoms with Crippen LogP contribution < -0.4 is 0 Å². The van der Waals surface area contributed by atoms with Crippen LogP contribution in [0.3, 0.4) is 0 Å². The van der Waals surface area contributed by atoms with Gasteiger partial charge in [-0.25, -0.2) is 0 Å². The third-order valence-corrected chi connectivity index (χ3v) is 6.19. The van der Waals surface area contributed by atoms with E-state index in [1.807, 2.05) is 24.3 Å². The van der Waals surface area contributed by atoms with Crippen molar-refractivity contribution in [3.8, 4) is 0 Å². The quantitative estimate of drug-likeness (QED) is 0.424. The van der Waals surface area contributed by atoms with Crippen LogP contribution in [-0.2, 0) is 17.8 Å². The van der Waals surface area contributed by atoms with Gasteiger partial charge in [0.05, 0.1) is 24.0 Å². The van der Waals surface area contributed by atoms with Crippen molar-refractivity contribution in [2.75, 3.05) is 0 Å². The maximum absolute atomic E-state index is 11.4. The molecule has 0 amide bonds. The SMILES string of the molecule is O=C(O)Cc1ccc(Cn2c(=S)[nH]c3ccccc32)cc1C1CCCCCC1. The van der Waals surface area contributed by atoms with Gasteiger partial charge in [0, 0.05) is 0 Å². The summed E-state index contributed by atoms with van der Waals surface area (Å²) in [5.41, 5.74) is 5.50. The van der Waals surface area contributed by atoms with Crippen LogP contribution in [-0.4, -0.2) is 20.6 Å². The molecular formula is C23H26N2O2S. The van der Waals surface area contributed by atoms with Crippen molar-refractivity contribution in [1.82, 2.24) is 9.55 Å². The first-order chi connectivity index (χ1) is 13.6. The minimum Gasteiger partial charge on any atom is -0.481 e. The minimum absolute atomic E-state index is 0.0959. The number of rotatable bonds is 5. The smallest absolute Gasteiger partial charge is 0.307 e. The zero-order chi connectivity index (χ0) is 19.5. The highest BCUT2D eigenvalue weighted by atomic mass is 32.1. The Balaban J connectivity index is 1.71. The van der Waals surface area contributed by atoms with Crippen molar-refractivity contribution in [1.29, 1.82) is 0 Å². The van der Waals surface area contributed by atoms with Crippen LogP contribution in [0.2, 0.25) is 0 Å². The number of imidazole rings is 1. The highest BCUT2D eigenvalue weighted by Gasteiger charge is 2.19. The van der Waals surface area contributed by atoms with Gasteiger partial charge in [0.1, 0.15) is 0 Å². The molecule has 1 fully saturated rings. The van der Waals surface area contributed by atoms with Gasteiger partial charge in [-0.1, -0.05) is 56.0 Å². The van der Waals surface area contributed by atoms with E-state index in [-0.39, 0.29) is 6.42 Å². The number of hydrogen-bond acceptors (Lipinski definition) is 2. The number of aromatic amines is 1. The van der Waals surface area contributed by atoms with Gasteiger partial charge in [-0.3, -0.25) is 4.79 Å². The van der Waals surface area contributed by atoms with E-state index in [0.29, 0.717) is 17.2 Å². The predicted molar refractivity (Wildman–Crippen MR) is 114 cm³/mol. The third kappa shape index (κ3) is 4.04.